The Morgan fingerprint density at radius 2 is 1.70 bits per heavy atom. The smallest absolute Gasteiger partial charge is 0.254 e. The van der Waals surface area contributed by atoms with Crippen molar-refractivity contribution in [3.63, 3.8) is 0 Å². The molecule has 0 fully saturated rings. The van der Waals surface area contributed by atoms with E-state index in [2.05, 4.69) is 65.3 Å². The molecule has 4 rings (SSSR count). The highest BCUT2D eigenvalue weighted by Crippen LogP contribution is 2.14. The Bertz CT molecular complexity index is 961. The Labute approximate surface area is 159 Å². The molecule has 2 heterocycles. The molecule has 1 N–H and O–H groups in total. The van der Waals surface area contributed by atoms with Gasteiger partial charge in [-0.1, -0.05) is 60.2 Å². The van der Waals surface area contributed by atoms with Crippen LogP contribution >= 0.6 is 0 Å². The van der Waals surface area contributed by atoms with E-state index in [0.717, 1.165) is 49.6 Å². The van der Waals surface area contributed by atoms with Crippen molar-refractivity contribution < 1.29 is 0 Å². The van der Waals surface area contributed by atoms with Gasteiger partial charge in [-0.25, -0.2) is 4.98 Å². The second kappa shape index (κ2) is 7.89. The Balaban J connectivity index is 1.50. The van der Waals surface area contributed by atoms with Gasteiger partial charge in [0, 0.05) is 38.0 Å². The summed E-state index contributed by atoms with van der Waals surface area (Å²) in [6, 6.07) is 18.9. The average Bonchev–Trinajstić information content (AvgIpc) is 2.87. The van der Waals surface area contributed by atoms with Crippen LogP contribution in [0.1, 0.15) is 33.8 Å². The van der Waals surface area contributed by atoms with Crippen molar-refractivity contribution in [3.05, 3.63) is 98.7 Å². The molecular weight excluding hydrogens is 334 g/mol. The molecule has 1 aliphatic rings. The summed E-state index contributed by atoms with van der Waals surface area (Å²) in [6.45, 7) is 4.82. The molecule has 0 bridgehead atoms. The van der Waals surface area contributed by atoms with Crippen LogP contribution in [0.3, 0.4) is 0 Å². The molecule has 2 aromatic carbocycles. The predicted octanol–water partition coefficient (Wildman–Crippen LogP) is 3.27. The first kappa shape index (κ1) is 17.7. The highest BCUT2D eigenvalue weighted by Gasteiger charge is 2.18. The third-order valence-electron chi connectivity index (χ3n) is 5.23. The monoisotopic (exact) mass is 359 g/mol. The van der Waals surface area contributed by atoms with Crippen molar-refractivity contribution in [1.82, 2.24) is 14.9 Å². The Kier molecular flexibility index (Phi) is 5.16. The molecule has 0 aliphatic carbocycles. The molecular formula is C23H25N3O. The first-order valence-corrected chi connectivity index (χ1v) is 9.60. The van der Waals surface area contributed by atoms with Crippen LogP contribution in [0.4, 0.5) is 0 Å². The van der Waals surface area contributed by atoms with Crippen LogP contribution in [-0.2, 0) is 25.8 Å². The van der Waals surface area contributed by atoms with Gasteiger partial charge in [0.1, 0.15) is 5.82 Å². The molecule has 0 atom stereocenters. The molecule has 0 saturated carbocycles. The van der Waals surface area contributed by atoms with Crippen molar-refractivity contribution in [3.8, 4) is 0 Å². The fraction of sp³-hybridized carbons (Fsp3) is 0.304. The molecule has 0 saturated heterocycles. The van der Waals surface area contributed by atoms with E-state index >= 15 is 0 Å². The second-order valence-corrected chi connectivity index (χ2v) is 7.36. The SMILES string of the molecule is Cc1ccc(Cc2nc3c(c(=O)[nH]2)CCN(Cc2ccccc2)CC3)cc1. The van der Waals surface area contributed by atoms with Crippen molar-refractivity contribution in [2.45, 2.75) is 32.7 Å². The van der Waals surface area contributed by atoms with E-state index < -0.39 is 0 Å². The van der Waals surface area contributed by atoms with E-state index in [1.807, 2.05) is 6.07 Å². The molecule has 4 heteroatoms. The fourth-order valence-electron chi connectivity index (χ4n) is 3.69. The van der Waals surface area contributed by atoms with Crippen molar-refractivity contribution in [2.24, 2.45) is 0 Å². The van der Waals surface area contributed by atoms with Gasteiger partial charge in [0.05, 0.1) is 5.69 Å². The molecule has 1 aromatic heterocycles. The van der Waals surface area contributed by atoms with Crippen LogP contribution in [-0.4, -0.2) is 28.0 Å². The Morgan fingerprint density at radius 1 is 0.963 bits per heavy atom. The van der Waals surface area contributed by atoms with Crippen molar-refractivity contribution in [1.29, 1.82) is 0 Å². The van der Waals surface area contributed by atoms with Gasteiger partial charge in [0.25, 0.3) is 5.56 Å². The number of nitrogens with zero attached hydrogens (tertiary/aromatic N) is 2. The summed E-state index contributed by atoms with van der Waals surface area (Å²) in [6.07, 6.45) is 2.25. The maximum Gasteiger partial charge on any atom is 0.254 e. The largest absolute Gasteiger partial charge is 0.310 e. The van der Waals surface area contributed by atoms with Gasteiger partial charge in [-0.15, -0.1) is 0 Å². The lowest BCUT2D eigenvalue weighted by atomic mass is 10.1. The third-order valence-corrected chi connectivity index (χ3v) is 5.23. The zero-order valence-corrected chi connectivity index (χ0v) is 15.7. The predicted molar refractivity (Wildman–Crippen MR) is 108 cm³/mol. The number of aromatic nitrogens is 2. The molecule has 1 aliphatic heterocycles. The minimum Gasteiger partial charge on any atom is -0.310 e. The number of aromatic amines is 1. The maximum atomic E-state index is 12.6. The summed E-state index contributed by atoms with van der Waals surface area (Å²) in [5, 5.41) is 0. The topological polar surface area (TPSA) is 49.0 Å². The zero-order valence-electron chi connectivity index (χ0n) is 15.7. The van der Waals surface area contributed by atoms with Crippen LogP contribution < -0.4 is 5.56 Å². The Morgan fingerprint density at radius 3 is 2.48 bits per heavy atom. The van der Waals surface area contributed by atoms with E-state index in [-0.39, 0.29) is 5.56 Å². The number of rotatable bonds is 4. The second-order valence-electron chi connectivity index (χ2n) is 7.36. The van der Waals surface area contributed by atoms with Gasteiger partial charge in [-0.2, -0.15) is 0 Å². The number of fused-ring (bicyclic) bond motifs is 1. The molecule has 138 valence electrons. The fourth-order valence-corrected chi connectivity index (χ4v) is 3.69. The molecule has 0 radical (unpaired) electrons. The van der Waals surface area contributed by atoms with Crippen LogP contribution in [0.2, 0.25) is 0 Å². The summed E-state index contributed by atoms with van der Waals surface area (Å²) >= 11 is 0. The molecule has 0 unspecified atom stereocenters. The number of benzene rings is 2. The number of nitrogens with one attached hydrogen (secondary N) is 1. The molecule has 0 spiro atoms. The first-order valence-electron chi connectivity index (χ1n) is 9.60. The number of H-pyrrole nitrogens is 1. The summed E-state index contributed by atoms with van der Waals surface area (Å²) in [5.41, 5.74) is 5.58. The minimum absolute atomic E-state index is 0.0312. The quantitative estimate of drug-likeness (QED) is 0.778. The number of hydrogen-bond acceptors (Lipinski definition) is 3. The maximum absolute atomic E-state index is 12.6. The van der Waals surface area contributed by atoms with Crippen LogP contribution in [0.15, 0.2) is 59.4 Å². The number of aryl methyl sites for hydroxylation is 1. The van der Waals surface area contributed by atoms with Crippen LogP contribution in [0.5, 0.6) is 0 Å². The van der Waals surface area contributed by atoms with Crippen LogP contribution in [0, 0.1) is 6.92 Å². The van der Waals surface area contributed by atoms with E-state index in [1.54, 1.807) is 0 Å². The standard InChI is InChI=1S/C23H25N3O/c1-17-7-9-18(10-8-17)15-22-24-21-12-14-26(13-11-20(21)23(27)25-22)16-19-5-3-2-4-6-19/h2-10H,11-16H2,1H3,(H,24,25,27). The molecule has 4 nitrogen and oxygen atoms in total. The highest BCUT2D eigenvalue weighted by molar-refractivity contribution is 5.26. The van der Waals surface area contributed by atoms with E-state index in [9.17, 15) is 4.79 Å². The lowest BCUT2D eigenvalue weighted by Gasteiger charge is -2.19. The highest BCUT2D eigenvalue weighted by atomic mass is 16.1. The van der Waals surface area contributed by atoms with E-state index in [0.29, 0.717) is 6.42 Å². The van der Waals surface area contributed by atoms with Gasteiger partial charge in [0.2, 0.25) is 0 Å². The van der Waals surface area contributed by atoms with Gasteiger partial charge < -0.3 is 4.98 Å². The van der Waals surface area contributed by atoms with Crippen LogP contribution in [0.25, 0.3) is 0 Å². The van der Waals surface area contributed by atoms with Crippen molar-refractivity contribution in [2.75, 3.05) is 13.1 Å². The normalized spacial score (nSPS) is 14.6. The third kappa shape index (κ3) is 4.34. The van der Waals surface area contributed by atoms with E-state index in [1.165, 1.54) is 16.7 Å². The Hall–Kier alpha value is -2.72. The zero-order chi connectivity index (χ0) is 18.6. The molecule has 3 aromatic rings. The summed E-state index contributed by atoms with van der Waals surface area (Å²) < 4.78 is 0. The van der Waals surface area contributed by atoms with Gasteiger partial charge in [-0.3, -0.25) is 9.69 Å². The molecule has 27 heavy (non-hydrogen) atoms. The lowest BCUT2D eigenvalue weighted by molar-refractivity contribution is 0.279. The molecule has 0 amide bonds. The summed E-state index contributed by atoms with van der Waals surface area (Å²) in [5.74, 6) is 0.763. The summed E-state index contributed by atoms with van der Waals surface area (Å²) in [4.78, 5) is 22.9. The minimum atomic E-state index is 0.0312. The average molecular weight is 359 g/mol. The lowest BCUT2D eigenvalue weighted by Crippen LogP contribution is -2.26. The number of hydrogen-bond donors (Lipinski definition) is 1. The van der Waals surface area contributed by atoms with Gasteiger partial charge in [-0.05, 0) is 24.5 Å². The first-order chi connectivity index (χ1) is 13.2. The summed E-state index contributed by atoms with van der Waals surface area (Å²) in [7, 11) is 0. The van der Waals surface area contributed by atoms with E-state index in [4.69, 9.17) is 4.98 Å². The van der Waals surface area contributed by atoms with Crippen molar-refractivity contribution >= 4 is 0 Å². The van der Waals surface area contributed by atoms with Gasteiger partial charge in [0.15, 0.2) is 0 Å². The van der Waals surface area contributed by atoms with Gasteiger partial charge >= 0.3 is 0 Å².